The SMILES string of the molecule is COC(=O)c1cc[n+]([O-])c(C(=O)O)c1. The van der Waals surface area contributed by atoms with Crippen LogP contribution >= 0.6 is 0 Å². The van der Waals surface area contributed by atoms with Crippen LogP contribution in [-0.2, 0) is 4.74 Å². The first-order chi connectivity index (χ1) is 6.56. The van der Waals surface area contributed by atoms with Gasteiger partial charge in [-0.1, -0.05) is 0 Å². The second kappa shape index (κ2) is 3.73. The Bertz CT molecular complexity index is 387. The van der Waals surface area contributed by atoms with Crippen molar-refractivity contribution in [3.63, 3.8) is 0 Å². The minimum absolute atomic E-state index is 0.0250. The average molecular weight is 197 g/mol. The molecule has 1 rings (SSSR count). The number of aromatic nitrogens is 1. The molecule has 0 amide bonds. The smallest absolute Gasteiger partial charge is 0.402 e. The third kappa shape index (κ3) is 1.79. The first kappa shape index (κ1) is 9.97. The van der Waals surface area contributed by atoms with E-state index in [-0.39, 0.29) is 10.3 Å². The Labute approximate surface area is 78.9 Å². The molecule has 1 heterocycles. The topological polar surface area (TPSA) is 90.5 Å². The predicted molar refractivity (Wildman–Crippen MR) is 43.7 cm³/mol. The highest BCUT2D eigenvalue weighted by molar-refractivity contribution is 5.92. The number of hydrogen-bond acceptors (Lipinski definition) is 4. The fourth-order valence-electron chi connectivity index (χ4n) is 0.888. The van der Waals surface area contributed by atoms with Gasteiger partial charge in [0.05, 0.1) is 12.7 Å². The van der Waals surface area contributed by atoms with Crippen molar-refractivity contribution in [1.82, 2.24) is 0 Å². The molecule has 0 bridgehead atoms. The lowest BCUT2D eigenvalue weighted by Gasteiger charge is -2.02. The van der Waals surface area contributed by atoms with Crippen molar-refractivity contribution < 1.29 is 24.2 Å². The fourth-order valence-corrected chi connectivity index (χ4v) is 0.888. The number of methoxy groups -OCH3 is 1. The van der Waals surface area contributed by atoms with Crippen molar-refractivity contribution in [1.29, 1.82) is 0 Å². The summed E-state index contributed by atoms with van der Waals surface area (Å²) in [6.45, 7) is 0. The van der Waals surface area contributed by atoms with Gasteiger partial charge in [-0.05, 0) is 0 Å². The van der Waals surface area contributed by atoms with E-state index in [0.29, 0.717) is 0 Å². The zero-order valence-corrected chi connectivity index (χ0v) is 7.26. The summed E-state index contributed by atoms with van der Waals surface area (Å²) >= 11 is 0. The molecule has 14 heavy (non-hydrogen) atoms. The molecule has 1 aromatic rings. The van der Waals surface area contributed by atoms with Gasteiger partial charge in [0.1, 0.15) is 0 Å². The van der Waals surface area contributed by atoms with E-state index < -0.39 is 17.6 Å². The lowest BCUT2D eigenvalue weighted by molar-refractivity contribution is -0.608. The first-order valence-electron chi connectivity index (χ1n) is 3.61. The van der Waals surface area contributed by atoms with E-state index in [1.54, 1.807) is 0 Å². The molecule has 0 aliphatic heterocycles. The monoisotopic (exact) mass is 197 g/mol. The van der Waals surface area contributed by atoms with Crippen molar-refractivity contribution >= 4 is 11.9 Å². The highest BCUT2D eigenvalue weighted by Crippen LogP contribution is 2.01. The second-order valence-corrected chi connectivity index (χ2v) is 2.42. The summed E-state index contributed by atoms with van der Waals surface area (Å²) in [6.07, 6.45) is 0.940. The van der Waals surface area contributed by atoms with Crippen molar-refractivity contribution in [3.05, 3.63) is 34.8 Å². The van der Waals surface area contributed by atoms with Crippen LogP contribution in [0.4, 0.5) is 0 Å². The number of rotatable bonds is 2. The van der Waals surface area contributed by atoms with E-state index in [4.69, 9.17) is 5.11 Å². The van der Waals surface area contributed by atoms with Crippen molar-refractivity contribution in [2.75, 3.05) is 7.11 Å². The van der Waals surface area contributed by atoms with Crippen LogP contribution in [0.1, 0.15) is 20.8 Å². The van der Waals surface area contributed by atoms with E-state index in [9.17, 15) is 14.8 Å². The molecule has 0 fully saturated rings. The summed E-state index contributed by atoms with van der Waals surface area (Å²) in [5.41, 5.74) is -0.495. The van der Waals surface area contributed by atoms with Crippen LogP contribution < -0.4 is 4.73 Å². The summed E-state index contributed by atoms with van der Waals surface area (Å²) < 4.78 is 4.53. The van der Waals surface area contributed by atoms with Crippen LogP contribution in [0.5, 0.6) is 0 Å². The van der Waals surface area contributed by atoms with Crippen LogP contribution in [0.25, 0.3) is 0 Å². The molecule has 0 aliphatic carbocycles. The molecule has 0 atom stereocenters. The van der Waals surface area contributed by atoms with Gasteiger partial charge in [0.15, 0.2) is 6.20 Å². The van der Waals surface area contributed by atoms with Gasteiger partial charge in [-0.2, -0.15) is 4.73 Å². The number of esters is 1. The fraction of sp³-hybridized carbons (Fsp3) is 0.125. The maximum Gasteiger partial charge on any atom is 0.402 e. The van der Waals surface area contributed by atoms with Crippen molar-refractivity contribution in [3.8, 4) is 0 Å². The Morgan fingerprint density at radius 2 is 2.21 bits per heavy atom. The Kier molecular flexibility index (Phi) is 2.66. The molecule has 0 radical (unpaired) electrons. The highest BCUT2D eigenvalue weighted by atomic mass is 16.5. The molecule has 0 saturated heterocycles. The maximum absolute atomic E-state index is 11.0. The molecular weight excluding hydrogens is 190 g/mol. The number of carboxylic acids is 1. The van der Waals surface area contributed by atoms with Gasteiger partial charge < -0.3 is 15.1 Å². The predicted octanol–water partition coefficient (Wildman–Crippen LogP) is -0.195. The largest absolute Gasteiger partial charge is 0.618 e. The Hall–Kier alpha value is -2.11. The Balaban J connectivity index is 3.19. The van der Waals surface area contributed by atoms with Gasteiger partial charge in [-0.25, -0.2) is 9.59 Å². The zero-order valence-electron chi connectivity index (χ0n) is 7.26. The second-order valence-electron chi connectivity index (χ2n) is 2.42. The summed E-state index contributed by atoms with van der Waals surface area (Å²) in [7, 11) is 1.17. The van der Waals surface area contributed by atoms with Crippen LogP contribution in [0.2, 0.25) is 0 Å². The Morgan fingerprint density at radius 3 is 2.71 bits per heavy atom. The highest BCUT2D eigenvalue weighted by Gasteiger charge is 2.18. The molecule has 1 N–H and O–H groups in total. The molecule has 0 saturated carbocycles. The van der Waals surface area contributed by atoms with Gasteiger partial charge in [0.25, 0.3) is 0 Å². The summed E-state index contributed by atoms with van der Waals surface area (Å²) in [5.74, 6) is -2.08. The molecule has 1 aromatic heterocycles. The van der Waals surface area contributed by atoms with E-state index in [2.05, 4.69) is 4.74 Å². The molecule has 0 aromatic carbocycles. The molecule has 0 aliphatic rings. The number of nitrogens with zero attached hydrogens (tertiary/aromatic N) is 1. The Morgan fingerprint density at radius 1 is 1.57 bits per heavy atom. The van der Waals surface area contributed by atoms with Gasteiger partial charge >= 0.3 is 17.6 Å². The van der Waals surface area contributed by atoms with Crippen LogP contribution in [0.15, 0.2) is 18.3 Å². The normalized spacial score (nSPS) is 9.50. The van der Waals surface area contributed by atoms with E-state index in [1.807, 2.05) is 0 Å². The van der Waals surface area contributed by atoms with Crippen LogP contribution in [0.3, 0.4) is 0 Å². The average Bonchev–Trinajstić information content (AvgIpc) is 2.17. The third-order valence-electron chi connectivity index (χ3n) is 1.56. The van der Waals surface area contributed by atoms with E-state index in [1.165, 1.54) is 13.2 Å². The lowest BCUT2D eigenvalue weighted by atomic mass is 10.2. The number of carbonyl (C=O) groups is 2. The lowest BCUT2D eigenvalue weighted by Crippen LogP contribution is -2.34. The summed E-state index contributed by atoms with van der Waals surface area (Å²) in [4.78, 5) is 21.5. The van der Waals surface area contributed by atoms with Crippen molar-refractivity contribution in [2.45, 2.75) is 0 Å². The maximum atomic E-state index is 11.0. The van der Waals surface area contributed by atoms with Crippen LogP contribution in [0, 0.1) is 5.21 Å². The quantitative estimate of drug-likeness (QED) is 0.403. The number of ether oxygens (including phenoxy) is 1. The summed E-state index contributed by atoms with van der Waals surface area (Å²) in [5, 5.41) is 19.5. The molecule has 6 heteroatoms. The van der Waals surface area contributed by atoms with Gasteiger partial charge in [0, 0.05) is 12.1 Å². The number of pyridine rings is 1. The third-order valence-corrected chi connectivity index (χ3v) is 1.56. The van der Waals surface area contributed by atoms with Crippen LogP contribution in [-0.4, -0.2) is 24.2 Å². The minimum Gasteiger partial charge on any atom is -0.618 e. The molecular formula is C8H7NO5. The minimum atomic E-state index is -1.40. The van der Waals surface area contributed by atoms with Gasteiger partial charge in [0.2, 0.25) is 0 Å². The van der Waals surface area contributed by atoms with E-state index >= 15 is 0 Å². The number of aromatic carboxylic acids is 1. The van der Waals surface area contributed by atoms with Gasteiger partial charge in [-0.15, -0.1) is 0 Å². The molecule has 0 spiro atoms. The molecule has 74 valence electrons. The van der Waals surface area contributed by atoms with Gasteiger partial charge in [-0.3, -0.25) is 0 Å². The molecule has 0 unspecified atom stereocenters. The number of carbonyl (C=O) groups excluding carboxylic acids is 1. The zero-order chi connectivity index (χ0) is 10.7. The van der Waals surface area contributed by atoms with E-state index in [0.717, 1.165) is 12.3 Å². The summed E-state index contributed by atoms with van der Waals surface area (Å²) in [6, 6.07) is 2.15. The number of carboxylic acid groups (broad SMARTS) is 1. The molecule has 6 nitrogen and oxygen atoms in total. The number of hydrogen-bond donors (Lipinski definition) is 1. The first-order valence-corrected chi connectivity index (χ1v) is 3.61. The van der Waals surface area contributed by atoms with Crippen molar-refractivity contribution in [2.24, 2.45) is 0 Å². The standard InChI is InChI=1S/C8H7NO5/c1-14-8(12)5-2-3-9(13)6(4-5)7(10)11/h2-4H,1H3,(H,10,11).